The summed E-state index contributed by atoms with van der Waals surface area (Å²) in [4.78, 5) is 29.4. The first-order chi connectivity index (χ1) is 15.1. The highest BCUT2D eigenvalue weighted by atomic mass is 79.9. The van der Waals surface area contributed by atoms with Gasteiger partial charge in [0.25, 0.3) is 0 Å². The molecule has 2 aliphatic carbocycles. The number of nitrogens with zero attached hydrogens (tertiary/aromatic N) is 2. The molecule has 2 aliphatic heterocycles. The number of benzene rings is 1. The van der Waals surface area contributed by atoms with Crippen LogP contribution < -0.4 is 4.87 Å². The van der Waals surface area contributed by atoms with Crippen molar-refractivity contribution >= 4 is 44.9 Å². The van der Waals surface area contributed by atoms with Gasteiger partial charge in [-0.05, 0) is 74.0 Å². The minimum atomic E-state index is 0.0392. The molecular formula is C24H27BrN2O2S2. The van der Waals surface area contributed by atoms with Crippen molar-refractivity contribution in [3.05, 3.63) is 48.8 Å². The van der Waals surface area contributed by atoms with Crippen LogP contribution in [0.1, 0.15) is 54.9 Å². The second-order valence-electron chi connectivity index (χ2n) is 9.59. The van der Waals surface area contributed by atoms with Crippen LogP contribution in [0.3, 0.4) is 0 Å². The molecule has 4 unspecified atom stereocenters. The third kappa shape index (κ3) is 3.46. The molecule has 31 heavy (non-hydrogen) atoms. The van der Waals surface area contributed by atoms with Crippen LogP contribution in [0.2, 0.25) is 0 Å². The summed E-state index contributed by atoms with van der Waals surface area (Å²) in [5, 5.41) is 1.66. The van der Waals surface area contributed by atoms with E-state index in [0.29, 0.717) is 11.2 Å². The lowest BCUT2D eigenvalue weighted by Crippen LogP contribution is -2.39. The summed E-state index contributed by atoms with van der Waals surface area (Å²) in [6.45, 7) is 1.88. The molecular weight excluding hydrogens is 492 g/mol. The van der Waals surface area contributed by atoms with Crippen molar-refractivity contribution < 1.29 is 4.79 Å². The van der Waals surface area contributed by atoms with Crippen LogP contribution >= 0.6 is 39.0 Å². The Morgan fingerprint density at radius 2 is 1.81 bits per heavy atom. The Bertz CT molecular complexity index is 1060. The zero-order valence-electron chi connectivity index (χ0n) is 17.5. The number of fused-ring (bicyclic) bond motifs is 6. The molecule has 1 aromatic carbocycles. The molecule has 4 aliphatic rings. The molecule has 2 saturated carbocycles. The van der Waals surface area contributed by atoms with Crippen molar-refractivity contribution in [2.45, 2.75) is 61.3 Å². The standard InChI is InChI=1S/C24H27BrN2O2S2/c25-17-8-6-14(7-9-17)19-20-15-4-5-16(12-15)21(20)30-23-22(19)31-24(29)27(23)13-18(28)26-10-2-1-3-11-26/h6-9,15-16,19-21H,1-5,10-13H2/t15?,16?,19-,20?,21?/m0/s1. The molecule has 1 saturated heterocycles. The van der Waals surface area contributed by atoms with Gasteiger partial charge in [-0.2, -0.15) is 0 Å². The lowest BCUT2D eigenvalue weighted by molar-refractivity contribution is -0.132. The molecule has 5 atom stereocenters. The van der Waals surface area contributed by atoms with Crippen molar-refractivity contribution in [2.75, 3.05) is 13.1 Å². The average Bonchev–Trinajstić information content (AvgIpc) is 3.48. The van der Waals surface area contributed by atoms with Gasteiger partial charge in [-0.3, -0.25) is 14.2 Å². The van der Waals surface area contributed by atoms with Crippen LogP contribution in [-0.4, -0.2) is 33.7 Å². The number of hydrogen-bond donors (Lipinski definition) is 0. The molecule has 0 N–H and O–H groups in total. The molecule has 2 aromatic rings. The number of thioether (sulfide) groups is 1. The van der Waals surface area contributed by atoms with Crippen LogP contribution in [0.4, 0.5) is 0 Å². The first-order valence-electron chi connectivity index (χ1n) is 11.5. The maximum atomic E-state index is 13.1. The van der Waals surface area contributed by atoms with Crippen molar-refractivity contribution in [1.82, 2.24) is 9.47 Å². The summed E-state index contributed by atoms with van der Waals surface area (Å²) in [5.74, 6) is 2.53. The van der Waals surface area contributed by atoms with Gasteiger partial charge < -0.3 is 4.90 Å². The molecule has 164 valence electrons. The smallest absolute Gasteiger partial charge is 0.308 e. The van der Waals surface area contributed by atoms with E-state index in [0.717, 1.165) is 47.3 Å². The fourth-order valence-corrected chi connectivity index (χ4v) is 9.92. The summed E-state index contributed by atoms with van der Waals surface area (Å²) in [5.41, 5.74) is 1.32. The number of amides is 1. The Hall–Kier alpha value is -1.05. The van der Waals surface area contributed by atoms with E-state index < -0.39 is 0 Å². The zero-order valence-corrected chi connectivity index (χ0v) is 20.7. The first-order valence-corrected chi connectivity index (χ1v) is 14.0. The predicted octanol–water partition coefficient (Wildman–Crippen LogP) is 5.34. The summed E-state index contributed by atoms with van der Waals surface area (Å²) < 4.78 is 2.90. The number of thiazole rings is 1. The minimum Gasteiger partial charge on any atom is -0.341 e. The van der Waals surface area contributed by atoms with E-state index in [1.807, 2.05) is 21.2 Å². The van der Waals surface area contributed by atoms with Gasteiger partial charge in [-0.25, -0.2) is 0 Å². The third-order valence-electron chi connectivity index (χ3n) is 7.92. The number of likely N-dealkylation sites (tertiary alicyclic amines) is 1. The third-order valence-corrected chi connectivity index (χ3v) is 11.3. The van der Waals surface area contributed by atoms with E-state index in [-0.39, 0.29) is 23.2 Å². The Morgan fingerprint density at radius 1 is 1.06 bits per heavy atom. The van der Waals surface area contributed by atoms with Gasteiger partial charge in [-0.1, -0.05) is 39.4 Å². The van der Waals surface area contributed by atoms with Crippen LogP contribution in [0.5, 0.6) is 0 Å². The SMILES string of the molecule is O=C(Cn1c2c(sc1=O)[C@@H](c1ccc(Br)cc1)C1C3CCC(C3)C1S2)N1CCCCC1. The number of carbonyl (C=O) groups excluding carboxylic acids is 1. The van der Waals surface area contributed by atoms with Crippen LogP contribution in [0.15, 0.2) is 38.6 Å². The maximum absolute atomic E-state index is 13.1. The molecule has 3 fully saturated rings. The number of halogens is 1. The number of hydrogen-bond acceptors (Lipinski definition) is 4. The highest BCUT2D eigenvalue weighted by Gasteiger charge is 2.55. The Kier molecular flexibility index (Phi) is 5.35. The van der Waals surface area contributed by atoms with Gasteiger partial charge >= 0.3 is 4.87 Å². The van der Waals surface area contributed by atoms with E-state index in [9.17, 15) is 9.59 Å². The number of piperidine rings is 1. The predicted molar refractivity (Wildman–Crippen MR) is 129 cm³/mol. The van der Waals surface area contributed by atoms with Crippen molar-refractivity contribution in [1.29, 1.82) is 0 Å². The van der Waals surface area contributed by atoms with Gasteiger partial charge in [0.2, 0.25) is 5.91 Å². The van der Waals surface area contributed by atoms with E-state index in [2.05, 4.69) is 40.2 Å². The minimum absolute atomic E-state index is 0.0392. The van der Waals surface area contributed by atoms with Gasteiger partial charge in [-0.15, -0.1) is 11.8 Å². The molecule has 1 aromatic heterocycles. The van der Waals surface area contributed by atoms with Crippen molar-refractivity contribution in [3.8, 4) is 0 Å². The molecule has 7 heteroatoms. The number of rotatable bonds is 3. The Morgan fingerprint density at radius 3 is 2.58 bits per heavy atom. The first kappa shape index (κ1) is 20.5. The summed E-state index contributed by atoms with van der Waals surface area (Å²) in [7, 11) is 0. The van der Waals surface area contributed by atoms with E-state index in [4.69, 9.17) is 0 Å². The highest BCUT2D eigenvalue weighted by molar-refractivity contribution is 9.10. The molecule has 3 heterocycles. The second-order valence-corrected chi connectivity index (χ2v) is 12.7. The van der Waals surface area contributed by atoms with E-state index in [1.54, 1.807) is 0 Å². The largest absolute Gasteiger partial charge is 0.341 e. The van der Waals surface area contributed by atoms with Gasteiger partial charge in [0, 0.05) is 33.6 Å². The summed E-state index contributed by atoms with van der Waals surface area (Å²) in [6, 6.07) is 8.70. The van der Waals surface area contributed by atoms with Crippen molar-refractivity contribution in [3.63, 3.8) is 0 Å². The number of carbonyl (C=O) groups is 1. The fraction of sp³-hybridized carbons (Fsp3) is 0.583. The average molecular weight is 520 g/mol. The lowest BCUT2D eigenvalue weighted by atomic mass is 9.75. The summed E-state index contributed by atoms with van der Waals surface area (Å²) >= 11 is 6.89. The van der Waals surface area contributed by atoms with Gasteiger partial charge in [0.05, 0.1) is 5.03 Å². The quantitative estimate of drug-likeness (QED) is 0.550. The zero-order chi connectivity index (χ0) is 21.1. The van der Waals surface area contributed by atoms with E-state index >= 15 is 0 Å². The van der Waals surface area contributed by atoms with Crippen molar-refractivity contribution in [2.24, 2.45) is 17.8 Å². The number of aromatic nitrogens is 1. The molecule has 4 nitrogen and oxygen atoms in total. The Balaban J connectivity index is 1.40. The second kappa shape index (κ2) is 8.07. The molecule has 0 radical (unpaired) electrons. The molecule has 1 amide bonds. The monoisotopic (exact) mass is 518 g/mol. The fourth-order valence-electron chi connectivity index (χ4n) is 6.51. The van der Waals surface area contributed by atoms with Gasteiger partial charge in [0.1, 0.15) is 6.54 Å². The molecule has 6 rings (SSSR count). The highest BCUT2D eigenvalue weighted by Crippen LogP contribution is 2.64. The van der Waals surface area contributed by atoms with Crippen LogP contribution in [0, 0.1) is 17.8 Å². The summed E-state index contributed by atoms with van der Waals surface area (Å²) in [6.07, 6.45) is 7.35. The topological polar surface area (TPSA) is 42.3 Å². The molecule has 0 spiro atoms. The van der Waals surface area contributed by atoms with Gasteiger partial charge in [0.15, 0.2) is 0 Å². The van der Waals surface area contributed by atoms with Crippen LogP contribution in [-0.2, 0) is 11.3 Å². The lowest BCUT2D eigenvalue weighted by Gasteiger charge is -2.40. The molecule has 2 bridgehead atoms. The Labute approximate surface area is 199 Å². The normalized spacial score (nSPS) is 31.5. The van der Waals surface area contributed by atoms with Crippen LogP contribution in [0.25, 0.3) is 0 Å². The maximum Gasteiger partial charge on any atom is 0.308 e. The van der Waals surface area contributed by atoms with E-state index in [1.165, 1.54) is 47.5 Å².